The standard InChI is InChI=1S/C17H20ClFN2/c1-12-3-2-4-13(9-12)5-8-16(21-20)10-14-6-7-15(18)11-17(14)19/h2-4,6-7,9,11,16,21H,5,8,10,20H2,1H3. The van der Waals surface area contributed by atoms with E-state index in [2.05, 4.69) is 36.6 Å². The SMILES string of the molecule is Cc1cccc(CCC(Cc2ccc(Cl)cc2F)NN)c1. The Bertz CT molecular complexity index is 601. The molecule has 0 aliphatic heterocycles. The van der Waals surface area contributed by atoms with Crippen molar-refractivity contribution in [2.45, 2.75) is 32.2 Å². The van der Waals surface area contributed by atoms with Gasteiger partial charge in [-0.25, -0.2) is 4.39 Å². The number of benzene rings is 2. The van der Waals surface area contributed by atoms with E-state index in [1.165, 1.54) is 17.2 Å². The van der Waals surface area contributed by atoms with Crippen LogP contribution in [0, 0.1) is 12.7 Å². The van der Waals surface area contributed by atoms with Crippen molar-refractivity contribution in [2.75, 3.05) is 0 Å². The summed E-state index contributed by atoms with van der Waals surface area (Å²) in [6.45, 7) is 2.07. The van der Waals surface area contributed by atoms with Crippen molar-refractivity contribution < 1.29 is 4.39 Å². The van der Waals surface area contributed by atoms with Gasteiger partial charge >= 0.3 is 0 Å². The molecule has 0 saturated carbocycles. The number of hydrazine groups is 1. The van der Waals surface area contributed by atoms with Crippen LogP contribution in [-0.4, -0.2) is 6.04 Å². The first-order valence-corrected chi connectivity index (χ1v) is 7.42. The lowest BCUT2D eigenvalue weighted by atomic mass is 9.98. The van der Waals surface area contributed by atoms with Crippen molar-refractivity contribution in [3.05, 3.63) is 70.0 Å². The van der Waals surface area contributed by atoms with Gasteiger partial charge in [0.05, 0.1) is 0 Å². The van der Waals surface area contributed by atoms with Gasteiger partial charge in [0.1, 0.15) is 5.82 Å². The van der Waals surface area contributed by atoms with Crippen LogP contribution in [0.3, 0.4) is 0 Å². The van der Waals surface area contributed by atoms with Gasteiger partial charge in [-0.2, -0.15) is 0 Å². The first-order valence-electron chi connectivity index (χ1n) is 7.04. The molecule has 0 heterocycles. The predicted molar refractivity (Wildman–Crippen MR) is 85.7 cm³/mol. The molecule has 0 radical (unpaired) electrons. The normalized spacial score (nSPS) is 12.4. The summed E-state index contributed by atoms with van der Waals surface area (Å²) >= 11 is 5.76. The number of hydrogen-bond acceptors (Lipinski definition) is 2. The van der Waals surface area contributed by atoms with E-state index in [4.69, 9.17) is 17.4 Å². The van der Waals surface area contributed by atoms with E-state index < -0.39 is 0 Å². The monoisotopic (exact) mass is 306 g/mol. The third-order valence-corrected chi connectivity index (χ3v) is 3.82. The molecular formula is C17H20ClFN2. The van der Waals surface area contributed by atoms with Crippen molar-refractivity contribution in [3.8, 4) is 0 Å². The Morgan fingerprint density at radius 2 is 2.05 bits per heavy atom. The lowest BCUT2D eigenvalue weighted by Gasteiger charge is -2.16. The van der Waals surface area contributed by atoms with Crippen molar-refractivity contribution in [3.63, 3.8) is 0 Å². The van der Waals surface area contributed by atoms with Crippen molar-refractivity contribution in [2.24, 2.45) is 5.84 Å². The third kappa shape index (κ3) is 4.81. The van der Waals surface area contributed by atoms with E-state index in [9.17, 15) is 4.39 Å². The Morgan fingerprint density at radius 3 is 2.71 bits per heavy atom. The van der Waals surface area contributed by atoms with Gasteiger partial charge in [0.2, 0.25) is 0 Å². The zero-order valence-corrected chi connectivity index (χ0v) is 12.8. The minimum Gasteiger partial charge on any atom is -0.271 e. The van der Waals surface area contributed by atoms with Crippen LogP contribution in [-0.2, 0) is 12.8 Å². The minimum atomic E-state index is -0.279. The van der Waals surface area contributed by atoms with E-state index in [0.717, 1.165) is 12.8 Å². The quantitative estimate of drug-likeness (QED) is 0.629. The molecule has 0 bridgehead atoms. The number of rotatable bonds is 6. The molecule has 2 aromatic rings. The first kappa shape index (κ1) is 16.0. The average Bonchev–Trinajstić information content (AvgIpc) is 2.45. The minimum absolute atomic E-state index is 0.0289. The van der Waals surface area contributed by atoms with E-state index in [0.29, 0.717) is 17.0 Å². The maximum atomic E-state index is 13.8. The van der Waals surface area contributed by atoms with Gasteiger partial charge < -0.3 is 0 Å². The largest absolute Gasteiger partial charge is 0.271 e. The fourth-order valence-electron chi connectivity index (χ4n) is 2.41. The van der Waals surface area contributed by atoms with Gasteiger partial charge in [0, 0.05) is 11.1 Å². The predicted octanol–water partition coefficient (Wildman–Crippen LogP) is 3.79. The van der Waals surface area contributed by atoms with Gasteiger partial charge in [-0.1, -0.05) is 47.5 Å². The topological polar surface area (TPSA) is 38.0 Å². The number of nitrogens with one attached hydrogen (secondary N) is 1. The molecule has 1 atom stereocenters. The van der Waals surface area contributed by atoms with Crippen LogP contribution in [0.15, 0.2) is 42.5 Å². The van der Waals surface area contributed by atoms with Crippen LogP contribution in [0.5, 0.6) is 0 Å². The molecule has 2 nitrogen and oxygen atoms in total. The van der Waals surface area contributed by atoms with Gasteiger partial charge in [0.25, 0.3) is 0 Å². The van der Waals surface area contributed by atoms with E-state index >= 15 is 0 Å². The second-order valence-corrected chi connectivity index (χ2v) is 5.77. The molecule has 4 heteroatoms. The van der Waals surface area contributed by atoms with Crippen LogP contribution in [0.25, 0.3) is 0 Å². The Labute approximate surface area is 130 Å². The number of hydrogen-bond donors (Lipinski definition) is 2. The fraction of sp³-hybridized carbons (Fsp3) is 0.294. The second-order valence-electron chi connectivity index (χ2n) is 5.33. The summed E-state index contributed by atoms with van der Waals surface area (Å²) < 4.78 is 13.8. The number of nitrogens with two attached hydrogens (primary N) is 1. The molecule has 2 aromatic carbocycles. The molecule has 0 aliphatic rings. The van der Waals surface area contributed by atoms with Gasteiger partial charge in [-0.15, -0.1) is 0 Å². The molecule has 2 rings (SSSR count). The fourth-order valence-corrected chi connectivity index (χ4v) is 2.56. The third-order valence-electron chi connectivity index (χ3n) is 3.58. The summed E-state index contributed by atoms with van der Waals surface area (Å²) in [4.78, 5) is 0. The van der Waals surface area contributed by atoms with Crippen LogP contribution >= 0.6 is 11.6 Å². The van der Waals surface area contributed by atoms with Crippen molar-refractivity contribution in [1.82, 2.24) is 5.43 Å². The molecule has 0 saturated heterocycles. The Morgan fingerprint density at radius 1 is 1.24 bits per heavy atom. The highest BCUT2D eigenvalue weighted by atomic mass is 35.5. The Balaban J connectivity index is 1.97. The molecule has 112 valence electrons. The summed E-state index contributed by atoms with van der Waals surface area (Å²) in [6.07, 6.45) is 2.30. The smallest absolute Gasteiger partial charge is 0.127 e. The highest BCUT2D eigenvalue weighted by Gasteiger charge is 2.11. The zero-order chi connectivity index (χ0) is 15.2. The van der Waals surface area contributed by atoms with Crippen LogP contribution < -0.4 is 11.3 Å². The summed E-state index contributed by atoms with van der Waals surface area (Å²) in [5.41, 5.74) is 5.92. The Hall–Kier alpha value is -1.42. The summed E-state index contributed by atoms with van der Waals surface area (Å²) in [6, 6.07) is 13.2. The molecule has 0 aromatic heterocycles. The lowest BCUT2D eigenvalue weighted by Crippen LogP contribution is -2.37. The van der Waals surface area contributed by atoms with Crippen LogP contribution in [0.2, 0.25) is 5.02 Å². The zero-order valence-electron chi connectivity index (χ0n) is 12.1. The van der Waals surface area contributed by atoms with Crippen LogP contribution in [0.4, 0.5) is 4.39 Å². The lowest BCUT2D eigenvalue weighted by molar-refractivity contribution is 0.480. The first-order chi connectivity index (χ1) is 10.1. The molecule has 21 heavy (non-hydrogen) atoms. The summed E-state index contributed by atoms with van der Waals surface area (Å²) in [7, 11) is 0. The van der Waals surface area contributed by atoms with Crippen molar-refractivity contribution in [1.29, 1.82) is 0 Å². The Kier molecular flexibility index (Phi) is 5.74. The van der Waals surface area contributed by atoms with Crippen molar-refractivity contribution >= 4 is 11.6 Å². The second kappa shape index (κ2) is 7.55. The molecule has 0 spiro atoms. The number of halogens is 2. The van der Waals surface area contributed by atoms with Crippen LogP contribution in [0.1, 0.15) is 23.1 Å². The molecule has 0 aliphatic carbocycles. The number of aryl methyl sites for hydroxylation is 2. The van der Waals surface area contributed by atoms with E-state index in [1.807, 2.05) is 0 Å². The van der Waals surface area contributed by atoms with Gasteiger partial charge in [0.15, 0.2) is 0 Å². The van der Waals surface area contributed by atoms with E-state index in [-0.39, 0.29) is 11.9 Å². The van der Waals surface area contributed by atoms with Gasteiger partial charge in [-0.3, -0.25) is 11.3 Å². The maximum Gasteiger partial charge on any atom is 0.127 e. The highest BCUT2D eigenvalue weighted by Crippen LogP contribution is 2.17. The van der Waals surface area contributed by atoms with E-state index in [1.54, 1.807) is 12.1 Å². The molecule has 0 fully saturated rings. The average molecular weight is 307 g/mol. The highest BCUT2D eigenvalue weighted by molar-refractivity contribution is 6.30. The molecule has 1 unspecified atom stereocenters. The summed E-state index contributed by atoms with van der Waals surface area (Å²) in [5.74, 6) is 5.32. The molecule has 3 N–H and O–H groups in total. The molecular weight excluding hydrogens is 287 g/mol. The molecule has 0 amide bonds. The maximum absolute atomic E-state index is 13.8. The summed E-state index contributed by atoms with van der Waals surface area (Å²) in [5, 5.41) is 0.410. The van der Waals surface area contributed by atoms with Gasteiger partial charge in [-0.05, 0) is 49.4 Å².